The van der Waals surface area contributed by atoms with E-state index in [1.165, 1.54) is 23.9 Å². The van der Waals surface area contributed by atoms with Crippen LogP contribution >= 0.6 is 11.8 Å². The molecule has 0 saturated carbocycles. The molecule has 8 heteroatoms. The van der Waals surface area contributed by atoms with Crippen molar-refractivity contribution in [2.24, 2.45) is 0 Å². The highest BCUT2D eigenvalue weighted by atomic mass is 32.2. The summed E-state index contributed by atoms with van der Waals surface area (Å²) < 4.78 is 0. The molecule has 1 atom stereocenters. The zero-order chi connectivity index (χ0) is 18.7. The van der Waals surface area contributed by atoms with E-state index < -0.39 is 10.2 Å². The van der Waals surface area contributed by atoms with Gasteiger partial charge in [-0.1, -0.05) is 42.1 Å². The van der Waals surface area contributed by atoms with Crippen molar-refractivity contribution >= 4 is 39.9 Å². The molecule has 0 saturated heterocycles. The van der Waals surface area contributed by atoms with Crippen LogP contribution in [0.1, 0.15) is 12.7 Å². The van der Waals surface area contributed by atoms with E-state index in [4.69, 9.17) is 0 Å². The van der Waals surface area contributed by atoms with E-state index in [9.17, 15) is 14.9 Å². The molecule has 0 aliphatic rings. The highest BCUT2D eigenvalue weighted by molar-refractivity contribution is 8.00. The Morgan fingerprint density at radius 1 is 1.15 bits per heavy atom. The van der Waals surface area contributed by atoms with Crippen molar-refractivity contribution in [2.45, 2.75) is 24.1 Å². The third kappa shape index (κ3) is 3.80. The predicted octanol–water partition coefficient (Wildman–Crippen LogP) is 3.97. The maximum Gasteiger partial charge on any atom is 0.292 e. The number of anilines is 1. The maximum atomic E-state index is 12.5. The Hall–Kier alpha value is -3.00. The molecular weight excluding hydrogens is 352 g/mol. The van der Waals surface area contributed by atoms with E-state index in [0.717, 1.165) is 10.9 Å². The van der Waals surface area contributed by atoms with Crippen molar-refractivity contribution in [1.82, 2.24) is 9.97 Å². The monoisotopic (exact) mass is 368 g/mol. The van der Waals surface area contributed by atoms with Gasteiger partial charge in [-0.3, -0.25) is 14.9 Å². The van der Waals surface area contributed by atoms with Crippen LogP contribution in [0.5, 0.6) is 0 Å². The number of hydrogen-bond donors (Lipinski definition) is 1. The van der Waals surface area contributed by atoms with Gasteiger partial charge in [0.05, 0.1) is 15.7 Å². The number of nitrogens with one attached hydrogen (secondary N) is 1. The summed E-state index contributed by atoms with van der Waals surface area (Å²) in [7, 11) is 0. The SMILES string of the molecule is Cc1nc(SC(C)C(=O)Nc2ccccc2[N+](=O)[O-])c2ccccc2n1. The molecule has 7 nitrogen and oxygen atoms in total. The molecule has 0 radical (unpaired) electrons. The first-order valence-electron chi connectivity index (χ1n) is 7.90. The van der Waals surface area contributed by atoms with Crippen molar-refractivity contribution < 1.29 is 9.72 Å². The summed E-state index contributed by atoms with van der Waals surface area (Å²) in [6.07, 6.45) is 0. The van der Waals surface area contributed by atoms with Gasteiger partial charge in [-0.25, -0.2) is 9.97 Å². The Morgan fingerprint density at radius 3 is 2.62 bits per heavy atom. The second-order valence-corrected chi connectivity index (χ2v) is 6.95. The first kappa shape index (κ1) is 17.8. The normalized spacial score (nSPS) is 11.9. The molecule has 3 rings (SSSR count). The van der Waals surface area contributed by atoms with Gasteiger partial charge < -0.3 is 5.32 Å². The number of para-hydroxylation sites is 3. The Labute approximate surface area is 154 Å². The van der Waals surface area contributed by atoms with Crippen LogP contribution in [0.25, 0.3) is 10.9 Å². The zero-order valence-electron chi connectivity index (χ0n) is 14.2. The zero-order valence-corrected chi connectivity index (χ0v) is 15.0. The van der Waals surface area contributed by atoms with Gasteiger partial charge >= 0.3 is 0 Å². The van der Waals surface area contributed by atoms with E-state index in [1.807, 2.05) is 24.3 Å². The van der Waals surface area contributed by atoms with Gasteiger partial charge in [0.15, 0.2) is 0 Å². The van der Waals surface area contributed by atoms with Gasteiger partial charge in [0.1, 0.15) is 16.5 Å². The van der Waals surface area contributed by atoms with Gasteiger partial charge in [-0.15, -0.1) is 0 Å². The molecule has 0 spiro atoms. The van der Waals surface area contributed by atoms with Crippen LogP contribution in [0.15, 0.2) is 53.6 Å². The Bertz CT molecular complexity index is 993. The Balaban J connectivity index is 1.82. The fraction of sp³-hybridized carbons (Fsp3) is 0.167. The first-order valence-corrected chi connectivity index (χ1v) is 8.78. The lowest BCUT2D eigenvalue weighted by molar-refractivity contribution is -0.383. The number of nitrogens with zero attached hydrogens (tertiary/aromatic N) is 3. The number of aromatic nitrogens is 2. The van der Waals surface area contributed by atoms with Crippen molar-refractivity contribution in [2.75, 3.05) is 5.32 Å². The van der Waals surface area contributed by atoms with Crippen LogP contribution < -0.4 is 5.32 Å². The van der Waals surface area contributed by atoms with Gasteiger partial charge in [-0.05, 0) is 26.0 Å². The number of aryl methyl sites for hydroxylation is 1. The van der Waals surface area contributed by atoms with Crippen molar-refractivity contribution in [1.29, 1.82) is 0 Å². The van der Waals surface area contributed by atoms with Crippen LogP contribution in [0.2, 0.25) is 0 Å². The second-order valence-electron chi connectivity index (χ2n) is 5.62. The quantitative estimate of drug-likeness (QED) is 0.317. The summed E-state index contributed by atoms with van der Waals surface area (Å²) in [5.41, 5.74) is 0.855. The van der Waals surface area contributed by atoms with Crippen LogP contribution in [0.3, 0.4) is 0 Å². The highest BCUT2D eigenvalue weighted by Gasteiger charge is 2.21. The van der Waals surface area contributed by atoms with E-state index in [-0.39, 0.29) is 17.3 Å². The highest BCUT2D eigenvalue weighted by Crippen LogP contribution is 2.30. The molecule has 1 heterocycles. The van der Waals surface area contributed by atoms with Gasteiger partial charge in [-0.2, -0.15) is 0 Å². The number of hydrogen-bond acceptors (Lipinski definition) is 6. The molecule has 0 aliphatic heterocycles. The minimum absolute atomic E-state index is 0.138. The minimum atomic E-state index is -0.519. The molecule has 0 fully saturated rings. The second kappa shape index (κ2) is 7.49. The number of rotatable bonds is 5. The van der Waals surface area contributed by atoms with Gasteiger partial charge in [0, 0.05) is 11.5 Å². The predicted molar refractivity (Wildman–Crippen MR) is 101 cm³/mol. The smallest absolute Gasteiger partial charge is 0.292 e. The third-order valence-electron chi connectivity index (χ3n) is 3.70. The molecule has 1 amide bonds. The fourth-order valence-electron chi connectivity index (χ4n) is 2.44. The van der Waals surface area contributed by atoms with Crippen LogP contribution in [0.4, 0.5) is 11.4 Å². The minimum Gasteiger partial charge on any atom is -0.319 e. The summed E-state index contributed by atoms with van der Waals surface area (Å²) in [6.45, 7) is 3.54. The lowest BCUT2D eigenvalue weighted by Gasteiger charge is -2.13. The number of carbonyl (C=O) groups is 1. The molecule has 2 aromatic carbocycles. The molecule has 132 valence electrons. The first-order chi connectivity index (χ1) is 12.5. The molecule has 1 unspecified atom stereocenters. The Kier molecular flexibility index (Phi) is 5.13. The molecule has 26 heavy (non-hydrogen) atoms. The van der Waals surface area contributed by atoms with Crippen molar-refractivity contribution in [3.63, 3.8) is 0 Å². The summed E-state index contributed by atoms with van der Waals surface area (Å²) in [4.78, 5) is 31.9. The molecule has 0 bridgehead atoms. The van der Waals surface area contributed by atoms with Gasteiger partial charge in [0.25, 0.3) is 5.69 Å². The fourth-order valence-corrected chi connectivity index (χ4v) is 3.43. The van der Waals surface area contributed by atoms with E-state index in [2.05, 4.69) is 15.3 Å². The summed E-state index contributed by atoms with van der Waals surface area (Å²) in [5.74, 6) is 0.294. The van der Waals surface area contributed by atoms with E-state index >= 15 is 0 Å². The average Bonchev–Trinajstić information content (AvgIpc) is 2.61. The molecule has 0 aliphatic carbocycles. The van der Waals surface area contributed by atoms with Crippen LogP contribution in [-0.4, -0.2) is 26.0 Å². The van der Waals surface area contributed by atoms with Crippen molar-refractivity contribution in [3.05, 3.63) is 64.5 Å². The number of nitro groups is 1. The third-order valence-corrected chi connectivity index (χ3v) is 4.80. The molecular formula is C18H16N4O3S. The number of nitro benzene ring substituents is 1. The van der Waals surface area contributed by atoms with Crippen LogP contribution in [0, 0.1) is 17.0 Å². The summed E-state index contributed by atoms with van der Waals surface area (Å²) in [6, 6.07) is 13.7. The number of thioether (sulfide) groups is 1. The summed E-state index contributed by atoms with van der Waals surface area (Å²) in [5, 5.41) is 14.8. The maximum absolute atomic E-state index is 12.5. The standard InChI is InChI=1S/C18H16N4O3S/c1-11(17(23)21-15-9-5-6-10-16(15)22(24)25)26-18-13-7-3-4-8-14(13)19-12(2)20-18/h3-11H,1-2H3,(H,21,23). The number of fused-ring (bicyclic) bond motifs is 1. The largest absolute Gasteiger partial charge is 0.319 e. The molecule has 1 N–H and O–H groups in total. The molecule has 1 aromatic heterocycles. The lowest BCUT2D eigenvalue weighted by atomic mass is 10.2. The molecule has 3 aromatic rings. The van der Waals surface area contributed by atoms with Crippen LogP contribution in [-0.2, 0) is 4.79 Å². The lowest BCUT2D eigenvalue weighted by Crippen LogP contribution is -2.23. The van der Waals surface area contributed by atoms with Gasteiger partial charge in [0.2, 0.25) is 5.91 Å². The summed E-state index contributed by atoms with van der Waals surface area (Å²) >= 11 is 1.30. The number of benzene rings is 2. The number of amides is 1. The van der Waals surface area contributed by atoms with E-state index in [0.29, 0.717) is 10.9 Å². The average molecular weight is 368 g/mol. The number of carbonyl (C=O) groups excluding carboxylic acids is 1. The topological polar surface area (TPSA) is 98.0 Å². The van der Waals surface area contributed by atoms with Crippen molar-refractivity contribution in [3.8, 4) is 0 Å². The Morgan fingerprint density at radius 2 is 1.85 bits per heavy atom. The van der Waals surface area contributed by atoms with E-state index in [1.54, 1.807) is 26.0 Å².